The van der Waals surface area contributed by atoms with E-state index < -0.39 is 34.8 Å². The Balaban J connectivity index is 1.74. The minimum absolute atomic E-state index is 0.185. The molecule has 9 heteroatoms. The van der Waals surface area contributed by atoms with Crippen LogP contribution in [0.15, 0.2) is 77.8 Å². The largest absolute Gasteiger partial charge is 0.458 e. The average Bonchev–Trinajstić information content (AvgIpc) is 3.21. The standard InChI is InChI=1S/C24H15F6NO2/c1-14-31-22(16-8-12-18(13-9-16)24(28,29)30)21(32-14,19-4-2-3-5-20(19)33-22)15-6-10-17(11-7-15)23(25,26)27/h2-13H,1H3/t21-,22+/m0/s1. The summed E-state index contributed by atoms with van der Waals surface area (Å²) in [5.74, 6) is 0.554. The van der Waals surface area contributed by atoms with E-state index >= 15 is 0 Å². The highest BCUT2D eigenvalue weighted by Crippen LogP contribution is 2.62. The molecule has 5 rings (SSSR count). The first-order valence-electron chi connectivity index (χ1n) is 9.87. The maximum absolute atomic E-state index is 13.2. The second-order valence-corrected chi connectivity index (χ2v) is 7.81. The van der Waals surface area contributed by atoms with Gasteiger partial charge in [-0.05, 0) is 30.3 Å². The van der Waals surface area contributed by atoms with Crippen molar-refractivity contribution in [3.63, 3.8) is 0 Å². The van der Waals surface area contributed by atoms with Crippen molar-refractivity contribution in [2.45, 2.75) is 30.6 Å². The van der Waals surface area contributed by atoms with Crippen molar-refractivity contribution in [2.75, 3.05) is 0 Å². The van der Waals surface area contributed by atoms with E-state index in [1.807, 2.05) is 0 Å². The maximum atomic E-state index is 13.2. The summed E-state index contributed by atoms with van der Waals surface area (Å²) in [7, 11) is 0. The first kappa shape index (κ1) is 21.4. The van der Waals surface area contributed by atoms with Crippen molar-refractivity contribution in [3.8, 4) is 5.75 Å². The molecule has 0 saturated carbocycles. The number of para-hydroxylation sites is 1. The van der Waals surface area contributed by atoms with Crippen molar-refractivity contribution >= 4 is 5.90 Å². The smallest absolute Gasteiger partial charge is 0.416 e. The minimum atomic E-state index is -4.54. The first-order chi connectivity index (χ1) is 15.5. The van der Waals surface area contributed by atoms with E-state index in [-0.39, 0.29) is 11.5 Å². The summed E-state index contributed by atoms with van der Waals surface area (Å²) in [5, 5.41) is 0. The lowest BCUT2D eigenvalue weighted by atomic mass is 9.76. The fraction of sp³-hybridized carbons (Fsp3) is 0.208. The molecule has 0 unspecified atom stereocenters. The average molecular weight is 463 g/mol. The van der Waals surface area contributed by atoms with Crippen LogP contribution in [0.25, 0.3) is 0 Å². The first-order valence-corrected chi connectivity index (χ1v) is 9.87. The van der Waals surface area contributed by atoms with Gasteiger partial charge < -0.3 is 9.47 Å². The van der Waals surface area contributed by atoms with Gasteiger partial charge in [0.05, 0.1) is 11.1 Å². The molecular weight excluding hydrogens is 448 g/mol. The molecule has 2 atom stereocenters. The van der Waals surface area contributed by atoms with E-state index in [1.54, 1.807) is 31.2 Å². The topological polar surface area (TPSA) is 30.8 Å². The quantitative estimate of drug-likeness (QED) is 0.398. The molecule has 0 fully saturated rings. The molecule has 0 spiro atoms. The van der Waals surface area contributed by atoms with E-state index in [2.05, 4.69) is 4.99 Å². The van der Waals surface area contributed by atoms with Crippen molar-refractivity contribution in [3.05, 3.63) is 101 Å². The fourth-order valence-corrected chi connectivity index (χ4v) is 4.47. The number of nitrogens with zero attached hydrogens (tertiary/aromatic N) is 1. The summed E-state index contributed by atoms with van der Waals surface area (Å²) in [5.41, 5.74) is -3.79. The molecule has 3 aromatic rings. The van der Waals surface area contributed by atoms with E-state index in [0.29, 0.717) is 16.9 Å². The van der Waals surface area contributed by atoms with Crippen LogP contribution in [0.2, 0.25) is 0 Å². The Hall–Kier alpha value is -3.49. The van der Waals surface area contributed by atoms with Crippen LogP contribution in [0, 0.1) is 0 Å². The molecule has 2 heterocycles. The Morgan fingerprint density at radius 2 is 1.18 bits per heavy atom. The second kappa shape index (κ2) is 6.76. The van der Waals surface area contributed by atoms with E-state index in [9.17, 15) is 26.3 Å². The molecule has 2 aliphatic rings. The third-order valence-corrected chi connectivity index (χ3v) is 5.84. The van der Waals surface area contributed by atoms with Gasteiger partial charge in [-0.1, -0.05) is 42.5 Å². The lowest BCUT2D eigenvalue weighted by Gasteiger charge is -2.36. The zero-order chi connectivity index (χ0) is 23.6. The molecular formula is C24H15F6NO2. The molecule has 0 aromatic heterocycles. The molecule has 0 amide bonds. The Labute approximate surface area is 184 Å². The normalized spacial score (nSPS) is 23.9. The van der Waals surface area contributed by atoms with Crippen LogP contribution >= 0.6 is 0 Å². The third-order valence-electron chi connectivity index (χ3n) is 5.84. The van der Waals surface area contributed by atoms with E-state index in [4.69, 9.17) is 9.47 Å². The van der Waals surface area contributed by atoms with Crippen molar-refractivity contribution < 1.29 is 35.8 Å². The number of hydrogen-bond acceptors (Lipinski definition) is 3. The highest BCUT2D eigenvalue weighted by molar-refractivity contribution is 5.80. The summed E-state index contributed by atoms with van der Waals surface area (Å²) >= 11 is 0. The zero-order valence-electron chi connectivity index (χ0n) is 17.0. The SMILES string of the molecule is CC1=N[C@]2(c3ccc(C(F)(F)F)cc3)Oc3ccccc3[C@]2(c2ccc(C(F)(F)F)cc2)O1. The summed E-state index contributed by atoms with van der Waals surface area (Å²) < 4.78 is 91.4. The molecule has 0 bridgehead atoms. The third kappa shape index (κ3) is 3.02. The van der Waals surface area contributed by atoms with Gasteiger partial charge in [-0.3, -0.25) is 0 Å². The van der Waals surface area contributed by atoms with Crippen LogP contribution in [-0.2, 0) is 28.4 Å². The second-order valence-electron chi connectivity index (χ2n) is 7.81. The van der Waals surface area contributed by atoms with Crippen LogP contribution in [0.5, 0.6) is 5.75 Å². The van der Waals surface area contributed by atoms with Crippen LogP contribution in [-0.4, -0.2) is 5.90 Å². The van der Waals surface area contributed by atoms with Gasteiger partial charge in [0.15, 0.2) is 5.90 Å². The summed E-state index contributed by atoms with van der Waals surface area (Å²) in [6.07, 6.45) is -9.07. The number of ether oxygens (including phenoxy) is 2. The van der Waals surface area contributed by atoms with Gasteiger partial charge in [0.2, 0.25) is 5.60 Å². The number of hydrogen-bond donors (Lipinski definition) is 0. The summed E-state index contributed by atoms with van der Waals surface area (Å²) in [4.78, 5) is 4.55. The lowest BCUT2D eigenvalue weighted by molar-refractivity contribution is -0.138. The maximum Gasteiger partial charge on any atom is 0.416 e. The van der Waals surface area contributed by atoms with Crippen LogP contribution < -0.4 is 4.74 Å². The van der Waals surface area contributed by atoms with E-state index in [1.165, 1.54) is 24.3 Å². The Morgan fingerprint density at radius 3 is 1.73 bits per heavy atom. The number of fused-ring (bicyclic) bond motifs is 3. The van der Waals surface area contributed by atoms with Gasteiger partial charge in [-0.15, -0.1) is 0 Å². The molecule has 0 aliphatic carbocycles. The summed E-state index contributed by atoms with van der Waals surface area (Å²) in [6, 6.07) is 15.5. The van der Waals surface area contributed by atoms with Crippen molar-refractivity contribution in [1.82, 2.24) is 0 Å². The predicted molar refractivity (Wildman–Crippen MR) is 107 cm³/mol. The predicted octanol–water partition coefficient (Wildman–Crippen LogP) is 6.66. The monoisotopic (exact) mass is 463 g/mol. The number of alkyl halides is 6. The van der Waals surface area contributed by atoms with Gasteiger partial charge in [0.1, 0.15) is 5.75 Å². The van der Waals surface area contributed by atoms with Gasteiger partial charge in [-0.25, -0.2) is 4.99 Å². The Morgan fingerprint density at radius 1 is 0.667 bits per heavy atom. The summed E-state index contributed by atoms with van der Waals surface area (Å²) in [6.45, 7) is 1.56. The number of halogens is 6. The van der Waals surface area contributed by atoms with Gasteiger partial charge >= 0.3 is 12.4 Å². The number of rotatable bonds is 2. The van der Waals surface area contributed by atoms with Gasteiger partial charge in [0.25, 0.3) is 5.72 Å². The van der Waals surface area contributed by atoms with Crippen LogP contribution in [0.4, 0.5) is 26.3 Å². The molecule has 170 valence electrons. The minimum Gasteiger partial charge on any atom is -0.458 e. The van der Waals surface area contributed by atoms with E-state index in [0.717, 1.165) is 24.3 Å². The highest BCUT2D eigenvalue weighted by Gasteiger charge is 2.68. The number of aliphatic imine (C=N–C) groups is 1. The van der Waals surface area contributed by atoms with Crippen LogP contribution in [0.1, 0.15) is 34.7 Å². The Kier molecular flexibility index (Phi) is 4.37. The molecule has 0 saturated heterocycles. The molecule has 3 nitrogen and oxygen atoms in total. The number of benzene rings is 3. The lowest BCUT2D eigenvalue weighted by Crippen LogP contribution is -2.46. The van der Waals surface area contributed by atoms with Crippen LogP contribution in [0.3, 0.4) is 0 Å². The molecule has 0 N–H and O–H groups in total. The van der Waals surface area contributed by atoms with Gasteiger partial charge in [-0.2, -0.15) is 26.3 Å². The van der Waals surface area contributed by atoms with Gasteiger partial charge in [0, 0.05) is 23.6 Å². The Bertz CT molecular complexity index is 1250. The fourth-order valence-electron chi connectivity index (χ4n) is 4.47. The molecule has 2 aliphatic heterocycles. The van der Waals surface area contributed by atoms with Crippen molar-refractivity contribution in [2.24, 2.45) is 4.99 Å². The zero-order valence-corrected chi connectivity index (χ0v) is 17.0. The molecule has 33 heavy (non-hydrogen) atoms. The molecule has 0 radical (unpaired) electrons. The van der Waals surface area contributed by atoms with Crippen molar-refractivity contribution in [1.29, 1.82) is 0 Å². The molecule has 3 aromatic carbocycles. The highest BCUT2D eigenvalue weighted by atomic mass is 19.4.